The van der Waals surface area contributed by atoms with Gasteiger partial charge in [-0.25, -0.2) is 4.98 Å². The van der Waals surface area contributed by atoms with Gasteiger partial charge in [0.25, 0.3) is 0 Å². The van der Waals surface area contributed by atoms with Crippen molar-refractivity contribution in [3.05, 3.63) is 58.2 Å². The molecule has 0 bridgehead atoms. The topological polar surface area (TPSA) is 56.5 Å². The Morgan fingerprint density at radius 2 is 1.91 bits per heavy atom. The Morgan fingerprint density at radius 3 is 2.73 bits per heavy atom. The van der Waals surface area contributed by atoms with E-state index in [1.165, 1.54) is 0 Å². The Labute approximate surface area is 134 Å². The summed E-state index contributed by atoms with van der Waals surface area (Å²) in [7, 11) is 0. The highest BCUT2D eigenvalue weighted by Crippen LogP contribution is 2.25. The molecular weight excluding hydrogens is 314 g/mol. The first-order chi connectivity index (χ1) is 10.9. The Morgan fingerprint density at radius 1 is 1.00 bits per heavy atom. The minimum absolute atomic E-state index is 0.528. The van der Waals surface area contributed by atoms with Gasteiger partial charge in [-0.2, -0.15) is 16.1 Å². The number of thiophene rings is 1. The van der Waals surface area contributed by atoms with Crippen LogP contribution in [0.1, 0.15) is 5.69 Å². The molecule has 0 unspecified atom stereocenters. The molecule has 3 aromatic heterocycles. The number of hydrogen-bond donors (Lipinski definition) is 0. The number of thiazole rings is 1. The quantitative estimate of drug-likeness (QED) is 0.575. The second-order valence-electron chi connectivity index (χ2n) is 4.67. The zero-order valence-corrected chi connectivity index (χ0v) is 13.1. The predicted molar refractivity (Wildman–Crippen MR) is 87.8 cm³/mol. The maximum Gasteiger partial charge on any atom is 0.204 e. The molecule has 0 saturated carbocycles. The van der Waals surface area contributed by atoms with Crippen LogP contribution in [0, 0.1) is 0 Å². The van der Waals surface area contributed by atoms with Crippen LogP contribution in [-0.4, -0.2) is 25.2 Å². The summed E-state index contributed by atoms with van der Waals surface area (Å²) in [6.45, 7) is 0.528. The SMILES string of the molecule is c1ccc(-c2nnn(Cc3csc(-c4ccsc4)n3)n2)cc1. The van der Waals surface area contributed by atoms with Crippen LogP contribution in [0.2, 0.25) is 0 Å². The van der Waals surface area contributed by atoms with E-state index in [0.29, 0.717) is 12.4 Å². The van der Waals surface area contributed by atoms with Crippen molar-refractivity contribution in [3.63, 3.8) is 0 Å². The fraction of sp³-hybridized carbons (Fsp3) is 0.0667. The maximum atomic E-state index is 4.63. The summed E-state index contributed by atoms with van der Waals surface area (Å²) in [5.41, 5.74) is 3.08. The molecule has 22 heavy (non-hydrogen) atoms. The van der Waals surface area contributed by atoms with E-state index in [0.717, 1.165) is 21.8 Å². The zero-order chi connectivity index (χ0) is 14.8. The third-order valence-electron chi connectivity index (χ3n) is 3.11. The second-order valence-corrected chi connectivity index (χ2v) is 6.30. The van der Waals surface area contributed by atoms with Crippen LogP contribution >= 0.6 is 22.7 Å². The fourth-order valence-corrected chi connectivity index (χ4v) is 3.58. The molecule has 1 aromatic carbocycles. The molecule has 4 aromatic rings. The van der Waals surface area contributed by atoms with E-state index < -0.39 is 0 Å². The first-order valence-electron chi connectivity index (χ1n) is 6.69. The van der Waals surface area contributed by atoms with Gasteiger partial charge in [0.05, 0.1) is 5.69 Å². The van der Waals surface area contributed by atoms with Crippen molar-refractivity contribution in [1.82, 2.24) is 25.2 Å². The Kier molecular flexibility index (Phi) is 3.49. The molecule has 0 radical (unpaired) electrons. The monoisotopic (exact) mass is 325 g/mol. The predicted octanol–water partition coefficient (Wildman–Crippen LogP) is 3.57. The molecular formula is C15H11N5S2. The van der Waals surface area contributed by atoms with E-state index in [2.05, 4.69) is 37.2 Å². The number of tetrazole rings is 1. The average Bonchev–Trinajstić information content (AvgIpc) is 3.30. The molecule has 4 rings (SSSR count). The average molecular weight is 325 g/mol. The van der Waals surface area contributed by atoms with E-state index in [9.17, 15) is 0 Å². The van der Waals surface area contributed by atoms with Gasteiger partial charge in [-0.3, -0.25) is 0 Å². The van der Waals surface area contributed by atoms with Crippen molar-refractivity contribution in [2.24, 2.45) is 0 Å². The molecule has 0 amide bonds. The highest BCUT2D eigenvalue weighted by atomic mass is 32.1. The van der Waals surface area contributed by atoms with Gasteiger partial charge >= 0.3 is 0 Å². The molecule has 108 valence electrons. The molecule has 0 saturated heterocycles. The van der Waals surface area contributed by atoms with E-state index in [-0.39, 0.29) is 0 Å². The molecule has 0 fully saturated rings. The molecule has 0 aliphatic carbocycles. The van der Waals surface area contributed by atoms with Crippen molar-refractivity contribution < 1.29 is 0 Å². The Balaban J connectivity index is 1.54. The van der Waals surface area contributed by atoms with Gasteiger partial charge in [0.15, 0.2) is 0 Å². The van der Waals surface area contributed by atoms with Gasteiger partial charge in [-0.1, -0.05) is 30.3 Å². The lowest BCUT2D eigenvalue weighted by Crippen LogP contribution is -2.04. The minimum atomic E-state index is 0.528. The first-order valence-corrected chi connectivity index (χ1v) is 8.51. The summed E-state index contributed by atoms with van der Waals surface area (Å²) < 4.78 is 0. The van der Waals surface area contributed by atoms with Crippen molar-refractivity contribution >= 4 is 22.7 Å². The minimum Gasteiger partial charge on any atom is -0.239 e. The molecule has 5 nitrogen and oxygen atoms in total. The third kappa shape index (κ3) is 2.68. The molecule has 0 N–H and O–H groups in total. The number of nitrogens with zero attached hydrogens (tertiary/aromatic N) is 5. The molecule has 3 heterocycles. The maximum absolute atomic E-state index is 4.63. The largest absolute Gasteiger partial charge is 0.239 e. The highest BCUT2D eigenvalue weighted by Gasteiger charge is 2.09. The van der Waals surface area contributed by atoms with Crippen LogP contribution in [0.15, 0.2) is 52.5 Å². The first kappa shape index (κ1) is 13.3. The lowest BCUT2D eigenvalue weighted by Gasteiger charge is -1.94. The highest BCUT2D eigenvalue weighted by molar-refractivity contribution is 7.14. The zero-order valence-electron chi connectivity index (χ0n) is 11.5. The van der Waals surface area contributed by atoms with E-state index in [4.69, 9.17) is 0 Å². The normalized spacial score (nSPS) is 10.9. The third-order valence-corrected chi connectivity index (χ3v) is 4.73. The molecule has 0 spiro atoms. The van der Waals surface area contributed by atoms with Crippen LogP contribution in [0.25, 0.3) is 22.0 Å². The van der Waals surface area contributed by atoms with E-state index >= 15 is 0 Å². The molecule has 7 heteroatoms. The van der Waals surface area contributed by atoms with Gasteiger partial charge in [-0.15, -0.1) is 21.5 Å². The van der Waals surface area contributed by atoms with E-state index in [1.54, 1.807) is 27.5 Å². The summed E-state index contributed by atoms with van der Waals surface area (Å²) in [5, 5.41) is 19.8. The number of rotatable bonds is 4. The summed E-state index contributed by atoms with van der Waals surface area (Å²) in [5.74, 6) is 0.633. The lowest BCUT2D eigenvalue weighted by molar-refractivity contribution is 0.566. The molecule has 0 atom stereocenters. The van der Waals surface area contributed by atoms with Gasteiger partial charge in [0, 0.05) is 21.9 Å². The van der Waals surface area contributed by atoms with Crippen LogP contribution < -0.4 is 0 Å². The molecule has 0 aliphatic rings. The van der Waals surface area contributed by atoms with Crippen molar-refractivity contribution in [2.75, 3.05) is 0 Å². The van der Waals surface area contributed by atoms with Crippen LogP contribution in [0.5, 0.6) is 0 Å². The summed E-state index contributed by atoms with van der Waals surface area (Å²) in [6.07, 6.45) is 0. The van der Waals surface area contributed by atoms with Gasteiger partial charge in [-0.05, 0) is 16.7 Å². The summed E-state index contributed by atoms with van der Waals surface area (Å²) in [4.78, 5) is 6.20. The van der Waals surface area contributed by atoms with Crippen molar-refractivity contribution in [2.45, 2.75) is 6.54 Å². The van der Waals surface area contributed by atoms with Crippen LogP contribution in [0.3, 0.4) is 0 Å². The Bertz CT molecular complexity index is 864. The lowest BCUT2D eigenvalue weighted by atomic mass is 10.2. The number of benzene rings is 1. The van der Waals surface area contributed by atoms with Crippen molar-refractivity contribution in [1.29, 1.82) is 0 Å². The standard InChI is InChI=1S/C15H11N5S2/c1-2-4-11(5-3-1)14-17-19-20(18-14)8-13-10-22-15(16-13)12-6-7-21-9-12/h1-7,9-10H,8H2. The Hall–Kier alpha value is -2.38. The van der Waals surface area contributed by atoms with Crippen LogP contribution in [0.4, 0.5) is 0 Å². The summed E-state index contributed by atoms with van der Waals surface area (Å²) in [6, 6.07) is 11.9. The smallest absolute Gasteiger partial charge is 0.204 e. The number of aromatic nitrogens is 5. The van der Waals surface area contributed by atoms with Gasteiger partial charge in [0.2, 0.25) is 5.82 Å². The fourth-order valence-electron chi connectivity index (χ4n) is 2.06. The van der Waals surface area contributed by atoms with E-state index in [1.807, 2.05) is 35.7 Å². The van der Waals surface area contributed by atoms with Gasteiger partial charge < -0.3 is 0 Å². The van der Waals surface area contributed by atoms with Crippen LogP contribution in [-0.2, 0) is 6.54 Å². The summed E-state index contributed by atoms with van der Waals surface area (Å²) >= 11 is 3.31. The van der Waals surface area contributed by atoms with Gasteiger partial charge in [0.1, 0.15) is 11.6 Å². The molecule has 0 aliphatic heterocycles. The van der Waals surface area contributed by atoms with Crippen molar-refractivity contribution in [3.8, 4) is 22.0 Å². The second kappa shape index (κ2) is 5.78. The number of hydrogen-bond acceptors (Lipinski definition) is 6.